The van der Waals surface area contributed by atoms with Gasteiger partial charge in [-0.2, -0.15) is 0 Å². The number of ether oxygens (including phenoxy) is 1. The van der Waals surface area contributed by atoms with Crippen LogP contribution in [0.3, 0.4) is 0 Å². The molecule has 6 heteroatoms. The summed E-state index contributed by atoms with van der Waals surface area (Å²) < 4.78 is 5.18. The molecule has 1 atom stereocenters. The molecule has 0 spiro atoms. The summed E-state index contributed by atoms with van der Waals surface area (Å²) in [7, 11) is 5.83. The molecule has 2 rings (SSSR count). The van der Waals surface area contributed by atoms with Crippen LogP contribution >= 0.6 is 0 Å². The lowest BCUT2D eigenvalue weighted by Gasteiger charge is -2.32. The normalized spacial score (nSPS) is 17.5. The Labute approximate surface area is 177 Å². The molecule has 6 nitrogen and oxygen atoms in total. The van der Waals surface area contributed by atoms with Gasteiger partial charge in [0.25, 0.3) is 0 Å². The van der Waals surface area contributed by atoms with Gasteiger partial charge in [-0.05, 0) is 57.8 Å². The minimum absolute atomic E-state index is 0.511. The molecule has 0 aliphatic carbocycles. The molecule has 0 radical (unpaired) electrons. The lowest BCUT2D eigenvalue weighted by molar-refractivity contribution is 0.121. The molecule has 0 amide bonds. The molecule has 0 bridgehead atoms. The van der Waals surface area contributed by atoms with Crippen LogP contribution in [0.4, 0.5) is 0 Å². The largest absolute Gasteiger partial charge is 0.383 e. The van der Waals surface area contributed by atoms with Crippen LogP contribution in [-0.2, 0) is 11.3 Å². The second kappa shape index (κ2) is 13.6. The fourth-order valence-corrected chi connectivity index (χ4v) is 3.74. The van der Waals surface area contributed by atoms with Crippen molar-refractivity contribution in [3.8, 4) is 0 Å². The van der Waals surface area contributed by atoms with E-state index in [9.17, 15) is 0 Å². The van der Waals surface area contributed by atoms with Crippen molar-refractivity contribution in [3.05, 3.63) is 35.9 Å². The van der Waals surface area contributed by atoms with Gasteiger partial charge in [-0.15, -0.1) is 0 Å². The highest BCUT2D eigenvalue weighted by Crippen LogP contribution is 2.16. The van der Waals surface area contributed by atoms with Gasteiger partial charge in [0.1, 0.15) is 0 Å². The molecule has 0 saturated carbocycles. The van der Waals surface area contributed by atoms with Crippen LogP contribution in [0.2, 0.25) is 0 Å². The predicted molar refractivity (Wildman–Crippen MR) is 122 cm³/mol. The van der Waals surface area contributed by atoms with Crippen molar-refractivity contribution in [1.82, 2.24) is 20.4 Å². The molecular weight excluding hydrogens is 362 g/mol. The Morgan fingerprint density at radius 2 is 1.97 bits per heavy atom. The van der Waals surface area contributed by atoms with E-state index in [1.54, 1.807) is 7.11 Å². The molecule has 29 heavy (non-hydrogen) atoms. The molecule has 1 aliphatic rings. The van der Waals surface area contributed by atoms with Gasteiger partial charge in [0.2, 0.25) is 0 Å². The Balaban J connectivity index is 1.60. The summed E-state index contributed by atoms with van der Waals surface area (Å²) in [4.78, 5) is 9.30. The van der Waals surface area contributed by atoms with E-state index in [0.29, 0.717) is 6.04 Å². The molecule has 164 valence electrons. The number of nitrogens with zero attached hydrogens (tertiary/aromatic N) is 3. The Hall–Kier alpha value is -1.63. The van der Waals surface area contributed by atoms with Crippen LogP contribution in [0.15, 0.2) is 35.3 Å². The van der Waals surface area contributed by atoms with E-state index in [4.69, 9.17) is 4.74 Å². The van der Waals surface area contributed by atoms with Crippen molar-refractivity contribution in [3.63, 3.8) is 0 Å². The van der Waals surface area contributed by atoms with Crippen molar-refractivity contribution >= 4 is 5.96 Å². The molecule has 2 N–H and O–H groups in total. The summed E-state index contributed by atoms with van der Waals surface area (Å²) in [6.45, 7) is 9.43. The maximum atomic E-state index is 5.18. The second-order valence-corrected chi connectivity index (χ2v) is 8.20. The highest BCUT2D eigenvalue weighted by atomic mass is 16.5. The van der Waals surface area contributed by atoms with Gasteiger partial charge in [0.05, 0.1) is 6.61 Å². The number of hydrogen-bond acceptors (Lipinski definition) is 4. The number of likely N-dealkylation sites (tertiary alicyclic amines) is 1. The summed E-state index contributed by atoms with van der Waals surface area (Å²) in [5.41, 5.74) is 1.36. The van der Waals surface area contributed by atoms with E-state index in [-0.39, 0.29) is 0 Å². The van der Waals surface area contributed by atoms with Crippen molar-refractivity contribution in [2.75, 3.05) is 60.5 Å². The Kier molecular flexibility index (Phi) is 11.1. The minimum atomic E-state index is 0.511. The third-order valence-electron chi connectivity index (χ3n) is 5.98. The molecular formula is C23H41N5O. The Morgan fingerprint density at radius 1 is 1.24 bits per heavy atom. The first kappa shape index (κ1) is 23.6. The quantitative estimate of drug-likeness (QED) is 0.439. The molecule has 1 saturated heterocycles. The fraction of sp³-hybridized carbons (Fsp3) is 0.696. The van der Waals surface area contributed by atoms with Crippen molar-refractivity contribution in [2.45, 2.75) is 38.8 Å². The van der Waals surface area contributed by atoms with Crippen LogP contribution in [-0.4, -0.2) is 82.3 Å². The molecule has 1 fully saturated rings. The average Bonchev–Trinajstić information content (AvgIpc) is 2.75. The smallest absolute Gasteiger partial charge is 0.190 e. The predicted octanol–water partition coefficient (Wildman–Crippen LogP) is 2.42. The van der Waals surface area contributed by atoms with Crippen LogP contribution in [0.5, 0.6) is 0 Å². The van der Waals surface area contributed by atoms with Crippen LogP contribution < -0.4 is 10.6 Å². The van der Waals surface area contributed by atoms with Gasteiger partial charge >= 0.3 is 0 Å². The van der Waals surface area contributed by atoms with Gasteiger partial charge in [-0.3, -0.25) is 9.89 Å². The number of piperidine rings is 1. The Morgan fingerprint density at radius 3 is 2.62 bits per heavy atom. The summed E-state index contributed by atoms with van der Waals surface area (Å²) in [5, 5.41) is 7.00. The number of guanidine groups is 1. The maximum Gasteiger partial charge on any atom is 0.190 e. The molecule has 0 aromatic heterocycles. The van der Waals surface area contributed by atoms with E-state index in [2.05, 4.69) is 69.7 Å². The van der Waals surface area contributed by atoms with Gasteiger partial charge in [0, 0.05) is 46.4 Å². The summed E-state index contributed by atoms with van der Waals surface area (Å²) in [6, 6.07) is 11.2. The molecule has 1 aromatic carbocycles. The highest BCUT2D eigenvalue weighted by molar-refractivity contribution is 5.79. The number of rotatable bonds is 11. The number of benzene rings is 1. The van der Waals surface area contributed by atoms with Gasteiger partial charge in [-0.25, -0.2) is 0 Å². The first-order valence-corrected chi connectivity index (χ1v) is 11.0. The van der Waals surface area contributed by atoms with E-state index in [1.807, 2.05) is 7.05 Å². The maximum absolute atomic E-state index is 5.18. The minimum Gasteiger partial charge on any atom is -0.383 e. The zero-order valence-electron chi connectivity index (χ0n) is 18.9. The first-order chi connectivity index (χ1) is 14.1. The monoisotopic (exact) mass is 403 g/mol. The summed E-state index contributed by atoms with van der Waals surface area (Å²) in [6.07, 6.45) is 3.58. The average molecular weight is 404 g/mol. The number of aliphatic imine (C=N–C) groups is 1. The van der Waals surface area contributed by atoms with E-state index in [0.717, 1.165) is 51.1 Å². The third-order valence-corrected chi connectivity index (χ3v) is 5.98. The van der Waals surface area contributed by atoms with E-state index in [1.165, 1.54) is 31.5 Å². The van der Waals surface area contributed by atoms with Gasteiger partial charge in [0.15, 0.2) is 5.96 Å². The molecule has 1 unspecified atom stereocenters. The lowest BCUT2D eigenvalue weighted by Crippen LogP contribution is -2.44. The number of methoxy groups -OCH3 is 1. The molecule has 1 heterocycles. The van der Waals surface area contributed by atoms with E-state index < -0.39 is 0 Å². The molecule has 1 aromatic rings. The van der Waals surface area contributed by atoms with Crippen LogP contribution in [0, 0.1) is 5.92 Å². The van der Waals surface area contributed by atoms with Gasteiger partial charge in [-0.1, -0.05) is 30.3 Å². The van der Waals surface area contributed by atoms with Crippen LogP contribution in [0.1, 0.15) is 31.7 Å². The van der Waals surface area contributed by atoms with Crippen LogP contribution in [0.25, 0.3) is 0 Å². The van der Waals surface area contributed by atoms with Gasteiger partial charge < -0.3 is 20.3 Å². The summed E-state index contributed by atoms with van der Waals surface area (Å²) in [5.74, 6) is 1.65. The third kappa shape index (κ3) is 9.15. The number of hydrogen-bond donors (Lipinski definition) is 2. The first-order valence-electron chi connectivity index (χ1n) is 11.0. The van der Waals surface area contributed by atoms with E-state index >= 15 is 0 Å². The standard InChI is InChI=1S/C23H41N5O/c1-20(27(3)19-22-8-6-5-7-9-22)10-13-25-23(24-2)26-18-21-11-14-28(15-12-21)16-17-29-4/h5-9,20-21H,10-19H2,1-4H3,(H2,24,25,26). The van der Waals surface area contributed by atoms with Crippen molar-refractivity contribution in [2.24, 2.45) is 10.9 Å². The zero-order valence-corrected chi connectivity index (χ0v) is 18.9. The van der Waals surface area contributed by atoms with Crippen molar-refractivity contribution < 1.29 is 4.74 Å². The van der Waals surface area contributed by atoms with Crippen molar-refractivity contribution in [1.29, 1.82) is 0 Å². The zero-order chi connectivity index (χ0) is 20.9. The molecule has 1 aliphatic heterocycles. The topological polar surface area (TPSA) is 52.1 Å². The number of nitrogens with one attached hydrogen (secondary N) is 2. The Bertz CT molecular complexity index is 572. The highest BCUT2D eigenvalue weighted by Gasteiger charge is 2.19. The lowest BCUT2D eigenvalue weighted by atomic mass is 9.97. The fourth-order valence-electron chi connectivity index (χ4n) is 3.74. The SMILES string of the molecule is CN=C(NCCC(C)N(C)Cc1ccccc1)NCC1CCN(CCOC)CC1. The summed E-state index contributed by atoms with van der Waals surface area (Å²) >= 11 is 0. The second-order valence-electron chi connectivity index (χ2n) is 8.20.